The van der Waals surface area contributed by atoms with Crippen molar-refractivity contribution in [2.75, 3.05) is 0 Å². The van der Waals surface area contributed by atoms with Crippen molar-refractivity contribution in [2.45, 2.75) is 173 Å². The van der Waals surface area contributed by atoms with Crippen LogP contribution in [-0.2, 0) is 50.1 Å². The molecule has 0 heterocycles. The minimum atomic E-state index is -4.68. The Morgan fingerprint density at radius 2 is 0.651 bits per heavy atom. The van der Waals surface area contributed by atoms with E-state index in [9.17, 15) is 61.5 Å². The van der Waals surface area contributed by atoms with Crippen LogP contribution < -0.4 is 0 Å². The number of Topliss-reactive ketones (excluding diaryl/α,β-unsaturated/α-hetero) is 2. The first-order chi connectivity index (χ1) is 29.2. The third-order valence-electron chi connectivity index (χ3n) is 7.08. The van der Waals surface area contributed by atoms with Crippen LogP contribution in [0.15, 0.2) is 106 Å². The molecule has 0 aliphatic carbocycles. The molecule has 0 aliphatic heterocycles. The number of hydrogen-bond donors (Lipinski definition) is 0. The molecule has 0 spiro atoms. The first-order valence-corrected chi connectivity index (χ1v) is 26.9. The Bertz CT molecular complexity index is 1800. The lowest BCUT2D eigenvalue weighted by atomic mass is 10.1. The smallest absolute Gasteiger partial charge is 0.147 e. The molecule has 0 radical (unpaired) electrons. The molecule has 18 heteroatoms. The summed E-state index contributed by atoms with van der Waals surface area (Å²) in [5, 5.41) is -1.71. The highest BCUT2D eigenvalue weighted by atomic mass is 32.2. The number of carbonyl (C=O) groups is 2. The van der Waals surface area contributed by atoms with Crippen LogP contribution in [0.2, 0.25) is 0 Å². The highest BCUT2D eigenvalue weighted by Gasteiger charge is 2.22. The Labute approximate surface area is 381 Å². The summed E-state index contributed by atoms with van der Waals surface area (Å²) in [5.74, 6) is -0.449. The van der Waals surface area contributed by atoms with Gasteiger partial charge in [-0.1, -0.05) is 188 Å². The Kier molecular flexibility index (Phi) is 45.1. The van der Waals surface area contributed by atoms with Crippen LogP contribution in [0.3, 0.4) is 0 Å². The molecule has 1 atom stereocenters. The van der Waals surface area contributed by atoms with Gasteiger partial charge in [0, 0.05) is 6.42 Å². The van der Waals surface area contributed by atoms with Crippen LogP contribution in [0.25, 0.3) is 0 Å². The van der Waals surface area contributed by atoms with Crippen molar-refractivity contribution >= 4 is 52.0 Å². The lowest BCUT2D eigenvalue weighted by Gasteiger charge is -2.15. The van der Waals surface area contributed by atoms with Crippen molar-refractivity contribution in [2.24, 2.45) is 5.92 Å². The average Bonchev–Trinajstić information content (AvgIpc) is 3.21. The van der Waals surface area contributed by atoms with Gasteiger partial charge in [-0.2, -0.15) is 0 Å². The summed E-state index contributed by atoms with van der Waals surface area (Å²) in [6.45, 7) is 21.2. The zero-order valence-corrected chi connectivity index (χ0v) is 42.4. The molecule has 0 saturated heterocycles. The van der Waals surface area contributed by atoms with Gasteiger partial charge in [0.1, 0.15) is 57.3 Å². The molecule has 0 saturated carbocycles. The number of unbranched alkanes of at least 4 members (excludes halogenated alkanes) is 10. The molecule has 0 fully saturated rings. The normalized spacial score (nSPS) is 11.0. The molecular formula is C45H74O14S4-4. The van der Waals surface area contributed by atoms with E-state index in [1.54, 1.807) is 18.2 Å². The lowest BCUT2D eigenvalue weighted by molar-refractivity contribution is -0.121. The van der Waals surface area contributed by atoms with E-state index >= 15 is 0 Å². The maximum Gasteiger partial charge on any atom is 0.147 e. The van der Waals surface area contributed by atoms with Gasteiger partial charge in [-0.15, -0.1) is 0 Å². The highest BCUT2D eigenvalue weighted by Crippen LogP contribution is 2.11. The molecule has 63 heavy (non-hydrogen) atoms. The van der Waals surface area contributed by atoms with E-state index in [1.165, 1.54) is 143 Å². The zero-order valence-electron chi connectivity index (χ0n) is 39.1. The summed E-state index contributed by atoms with van der Waals surface area (Å²) in [7, 11) is -17.4. The van der Waals surface area contributed by atoms with Crippen molar-refractivity contribution in [3.8, 4) is 0 Å². The molecule has 0 N–H and O–H groups in total. The highest BCUT2D eigenvalue weighted by molar-refractivity contribution is 7.87. The monoisotopic (exact) mass is 966 g/mol. The molecule has 366 valence electrons. The SMILES string of the molecule is CC.CC.CC(=O)CC(C(C)=O)S(=O)(=O)[O-].CC(C)C.CCCCCCCCCCCCC.O=S(=O)([O-])c1ccccc1.O=S(=O)([O-])c1ccccc1.O=S(=O)([O-])c1ccccc1. The van der Waals surface area contributed by atoms with E-state index < -0.39 is 63.7 Å². The maximum atomic E-state index is 10.6. The fraction of sp³-hybridized carbons (Fsp3) is 0.556. The van der Waals surface area contributed by atoms with Crippen LogP contribution >= 0.6 is 0 Å². The van der Waals surface area contributed by atoms with E-state index in [-0.39, 0.29) is 14.7 Å². The van der Waals surface area contributed by atoms with Crippen molar-refractivity contribution in [1.29, 1.82) is 0 Å². The maximum absolute atomic E-state index is 10.6. The van der Waals surface area contributed by atoms with Gasteiger partial charge in [-0.3, -0.25) is 9.59 Å². The van der Waals surface area contributed by atoms with Crippen molar-refractivity contribution < 1.29 is 61.5 Å². The van der Waals surface area contributed by atoms with Gasteiger partial charge in [0.15, 0.2) is 0 Å². The number of carbonyl (C=O) groups excluding carboxylic acids is 2. The molecule has 0 amide bonds. The van der Waals surface area contributed by atoms with Crippen LogP contribution in [0.4, 0.5) is 0 Å². The van der Waals surface area contributed by atoms with Crippen LogP contribution in [0.5, 0.6) is 0 Å². The first kappa shape index (κ1) is 68.7. The van der Waals surface area contributed by atoms with Crippen LogP contribution in [-0.4, -0.2) is 68.7 Å². The number of ketones is 2. The molecular weight excluding hydrogens is 893 g/mol. The van der Waals surface area contributed by atoms with E-state index in [2.05, 4.69) is 34.6 Å². The molecule has 0 aromatic heterocycles. The molecule has 0 bridgehead atoms. The molecule has 0 aliphatic rings. The standard InChI is InChI=1S/C13H28.C6H10O5S.3C6H6O3S.C4H10.2C2H6/c1-3-5-7-9-11-13-12-10-8-6-4-2;1-4(7)3-6(5(2)8)12(9,10)11;3*7-10(8,9)6-4-2-1-3-5-6;1-4(2)3;2*1-2/h3-13H2,1-2H3;6H,3H2,1-2H3,(H,9,10,11);3*1-5H,(H,7,8,9);4H,1-3H3;2*1-2H3/p-4. The Morgan fingerprint density at radius 1 is 0.444 bits per heavy atom. The summed E-state index contributed by atoms with van der Waals surface area (Å²) in [6.07, 6.45) is 15.4. The largest absolute Gasteiger partial charge is 0.747 e. The van der Waals surface area contributed by atoms with Gasteiger partial charge in [-0.25, -0.2) is 33.7 Å². The van der Waals surface area contributed by atoms with Gasteiger partial charge < -0.3 is 18.2 Å². The predicted octanol–water partition coefficient (Wildman–Crippen LogP) is 10.3. The van der Waals surface area contributed by atoms with E-state index in [0.717, 1.165) is 19.8 Å². The third kappa shape index (κ3) is 47.9. The number of hydrogen-bond acceptors (Lipinski definition) is 14. The van der Waals surface area contributed by atoms with Crippen molar-refractivity contribution in [3.63, 3.8) is 0 Å². The summed E-state index contributed by atoms with van der Waals surface area (Å²) >= 11 is 0. The molecule has 1 unspecified atom stereocenters. The minimum Gasteiger partial charge on any atom is -0.747 e. The lowest BCUT2D eigenvalue weighted by Crippen LogP contribution is -2.30. The second-order valence-electron chi connectivity index (χ2n) is 13.7. The predicted molar refractivity (Wildman–Crippen MR) is 248 cm³/mol. The van der Waals surface area contributed by atoms with Gasteiger partial charge in [-0.05, 0) is 56.2 Å². The van der Waals surface area contributed by atoms with Crippen LogP contribution in [0, 0.1) is 5.92 Å². The van der Waals surface area contributed by atoms with Gasteiger partial charge in [0.25, 0.3) is 0 Å². The van der Waals surface area contributed by atoms with E-state index in [4.69, 9.17) is 0 Å². The first-order valence-electron chi connectivity index (χ1n) is 21.2. The third-order valence-corrected chi connectivity index (χ3v) is 10.8. The van der Waals surface area contributed by atoms with Crippen molar-refractivity contribution in [3.05, 3.63) is 91.0 Å². The van der Waals surface area contributed by atoms with E-state index in [1.807, 2.05) is 27.7 Å². The molecule has 3 aromatic rings. The van der Waals surface area contributed by atoms with Gasteiger partial charge >= 0.3 is 0 Å². The second-order valence-corrected chi connectivity index (χ2v) is 19.4. The van der Waals surface area contributed by atoms with Gasteiger partial charge in [0.05, 0.1) is 14.7 Å². The second kappa shape index (κ2) is 41.4. The fourth-order valence-corrected chi connectivity index (χ4v) is 6.53. The van der Waals surface area contributed by atoms with Crippen LogP contribution in [0.1, 0.15) is 153 Å². The van der Waals surface area contributed by atoms with E-state index in [0.29, 0.717) is 0 Å². The van der Waals surface area contributed by atoms with Crippen molar-refractivity contribution in [1.82, 2.24) is 0 Å². The quantitative estimate of drug-likeness (QED) is 0.0900. The summed E-state index contributed by atoms with van der Waals surface area (Å²) in [4.78, 5) is 20.5. The molecule has 3 aromatic carbocycles. The Balaban J connectivity index is -0.000000214. The molecule has 3 rings (SSSR count). The Morgan fingerprint density at radius 3 is 0.762 bits per heavy atom. The average molecular weight is 967 g/mol. The molecule has 14 nitrogen and oxygen atoms in total. The summed E-state index contributed by atoms with van der Waals surface area (Å²) in [5.41, 5.74) is 0. The topological polar surface area (TPSA) is 263 Å². The summed E-state index contributed by atoms with van der Waals surface area (Å²) < 4.78 is 124. The fourth-order valence-electron chi connectivity index (χ4n) is 4.21. The number of benzene rings is 3. The minimum absolute atomic E-state index is 0.185. The van der Waals surface area contributed by atoms with Gasteiger partial charge in [0.2, 0.25) is 0 Å². The summed E-state index contributed by atoms with van der Waals surface area (Å²) in [6, 6.07) is 21.6. The number of rotatable bonds is 17. The zero-order chi connectivity index (χ0) is 50.1. The Hall–Kier alpha value is -3.36.